The Hall–Kier alpha value is -3.22. The van der Waals surface area contributed by atoms with Gasteiger partial charge in [-0.15, -0.1) is 0 Å². The Balaban J connectivity index is 2.21. The minimum Gasteiger partial charge on any atom is -0.508 e. The quantitative estimate of drug-likeness (QED) is 0.141. The molecular weight excluding hydrogens is 470 g/mol. The van der Waals surface area contributed by atoms with Gasteiger partial charge in [0.15, 0.2) is 6.04 Å². The van der Waals surface area contributed by atoms with Gasteiger partial charge in [-0.25, -0.2) is 4.79 Å². The van der Waals surface area contributed by atoms with Crippen molar-refractivity contribution in [3.63, 3.8) is 0 Å². The molecule has 0 aliphatic carbocycles. The Morgan fingerprint density at radius 1 is 1.06 bits per heavy atom. The third-order valence-corrected chi connectivity index (χ3v) is 6.01. The van der Waals surface area contributed by atoms with Crippen LogP contribution in [-0.4, -0.2) is 82.4 Å². The first-order valence-corrected chi connectivity index (χ1v) is 12.2. The second-order valence-electron chi connectivity index (χ2n) is 8.99. The molecule has 1 saturated heterocycles. The molecule has 5 atom stereocenters. The number of nitrogens with two attached hydrogens (primary N) is 1. The minimum atomic E-state index is -1.58. The molecule has 5 unspecified atom stereocenters. The van der Waals surface area contributed by atoms with Crippen molar-refractivity contribution in [2.45, 2.75) is 75.7 Å². The van der Waals surface area contributed by atoms with E-state index in [1.54, 1.807) is 12.1 Å². The van der Waals surface area contributed by atoms with Crippen molar-refractivity contribution in [2.24, 2.45) is 5.73 Å². The summed E-state index contributed by atoms with van der Waals surface area (Å²) in [5.41, 5.74) is 6.16. The SMILES string of the molecule is CC(O)C(NC(=O)C(Cc1ccc(O)cc1)NC(=O)C(CCCCN)NC(=O)C1CCCN1)C(=O)O. The van der Waals surface area contributed by atoms with Crippen molar-refractivity contribution < 1.29 is 34.5 Å². The summed E-state index contributed by atoms with van der Waals surface area (Å²) in [5.74, 6) is -3.12. The van der Waals surface area contributed by atoms with E-state index in [2.05, 4.69) is 21.3 Å². The van der Waals surface area contributed by atoms with Crippen molar-refractivity contribution >= 4 is 23.7 Å². The fourth-order valence-corrected chi connectivity index (χ4v) is 3.93. The lowest BCUT2D eigenvalue weighted by Gasteiger charge is -2.26. The van der Waals surface area contributed by atoms with Gasteiger partial charge in [0.05, 0.1) is 12.1 Å². The van der Waals surface area contributed by atoms with Gasteiger partial charge in [-0.3, -0.25) is 14.4 Å². The largest absolute Gasteiger partial charge is 0.508 e. The lowest BCUT2D eigenvalue weighted by molar-refractivity contribution is -0.145. The molecule has 1 aromatic carbocycles. The van der Waals surface area contributed by atoms with Gasteiger partial charge >= 0.3 is 5.97 Å². The van der Waals surface area contributed by atoms with Crippen molar-refractivity contribution in [3.8, 4) is 5.75 Å². The second kappa shape index (κ2) is 14.4. The maximum atomic E-state index is 13.2. The molecule has 1 aliphatic heterocycles. The first kappa shape index (κ1) is 29.0. The van der Waals surface area contributed by atoms with Gasteiger partial charge in [0.2, 0.25) is 17.7 Å². The van der Waals surface area contributed by atoms with Crippen molar-refractivity contribution in [1.82, 2.24) is 21.3 Å². The molecule has 1 fully saturated rings. The molecule has 12 nitrogen and oxygen atoms in total. The monoisotopic (exact) mass is 507 g/mol. The number of carboxylic acid groups (broad SMARTS) is 1. The average molecular weight is 508 g/mol. The van der Waals surface area contributed by atoms with Crippen LogP contribution >= 0.6 is 0 Å². The molecule has 9 N–H and O–H groups in total. The predicted octanol–water partition coefficient (Wildman–Crippen LogP) is -1.26. The molecule has 1 heterocycles. The minimum absolute atomic E-state index is 0.0162. The fraction of sp³-hybridized carbons (Fsp3) is 0.583. The molecule has 0 saturated carbocycles. The van der Waals surface area contributed by atoms with Crippen molar-refractivity contribution in [3.05, 3.63) is 29.8 Å². The summed E-state index contributed by atoms with van der Waals surface area (Å²) in [5, 5.41) is 39.4. The molecule has 2 rings (SSSR count). The highest BCUT2D eigenvalue weighted by Crippen LogP contribution is 2.13. The van der Waals surface area contributed by atoms with Gasteiger partial charge in [0.25, 0.3) is 0 Å². The molecule has 0 aromatic heterocycles. The van der Waals surface area contributed by atoms with Crippen LogP contribution in [0.2, 0.25) is 0 Å². The maximum absolute atomic E-state index is 13.2. The maximum Gasteiger partial charge on any atom is 0.328 e. The van der Waals surface area contributed by atoms with Crippen LogP contribution < -0.4 is 27.0 Å². The highest BCUT2D eigenvalue weighted by Gasteiger charge is 2.32. The highest BCUT2D eigenvalue weighted by atomic mass is 16.4. The van der Waals surface area contributed by atoms with E-state index < -0.39 is 48.1 Å². The first-order valence-electron chi connectivity index (χ1n) is 12.2. The Bertz CT molecular complexity index is 887. The molecule has 3 amide bonds. The number of aliphatic hydroxyl groups excluding tert-OH is 1. The number of hydrogen-bond acceptors (Lipinski definition) is 8. The molecule has 1 aliphatic rings. The topological polar surface area (TPSA) is 203 Å². The van der Waals surface area contributed by atoms with Crippen LogP contribution in [0.15, 0.2) is 24.3 Å². The van der Waals surface area contributed by atoms with Crippen LogP contribution in [0.5, 0.6) is 5.75 Å². The van der Waals surface area contributed by atoms with Gasteiger partial charge in [0.1, 0.15) is 17.8 Å². The lowest BCUT2D eigenvalue weighted by atomic mass is 10.0. The number of carboxylic acids is 1. The van der Waals surface area contributed by atoms with Gasteiger partial charge in [0, 0.05) is 6.42 Å². The van der Waals surface area contributed by atoms with Crippen LogP contribution in [0.4, 0.5) is 0 Å². The number of benzene rings is 1. The summed E-state index contributed by atoms with van der Waals surface area (Å²) in [6, 6.07) is 1.88. The third-order valence-electron chi connectivity index (χ3n) is 6.01. The van der Waals surface area contributed by atoms with Gasteiger partial charge in [-0.2, -0.15) is 0 Å². The van der Waals surface area contributed by atoms with E-state index in [4.69, 9.17) is 5.73 Å². The zero-order valence-corrected chi connectivity index (χ0v) is 20.4. The van der Waals surface area contributed by atoms with Crippen LogP contribution in [0.1, 0.15) is 44.6 Å². The van der Waals surface area contributed by atoms with E-state index in [9.17, 15) is 34.5 Å². The Kier molecular flexibility index (Phi) is 11.6. The van der Waals surface area contributed by atoms with Crippen molar-refractivity contribution in [2.75, 3.05) is 13.1 Å². The number of aliphatic carboxylic acids is 1. The van der Waals surface area contributed by atoms with Gasteiger partial charge in [-0.05, 0) is 69.8 Å². The van der Waals surface area contributed by atoms with Gasteiger partial charge < -0.3 is 42.3 Å². The Labute approximate surface area is 210 Å². The zero-order chi connectivity index (χ0) is 26.7. The van der Waals surface area contributed by atoms with E-state index >= 15 is 0 Å². The number of hydrogen-bond donors (Lipinski definition) is 8. The second-order valence-corrected chi connectivity index (χ2v) is 8.99. The Morgan fingerprint density at radius 3 is 2.28 bits per heavy atom. The molecule has 36 heavy (non-hydrogen) atoms. The summed E-state index contributed by atoms with van der Waals surface area (Å²) in [6.07, 6.45) is 1.64. The fourth-order valence-electron chi connectivity index (χ4n) is 3.93. The molecule has 1 aromatic rings. The zero-order valence-electron chi connectivity index (χ0n) is 20.4. The molecule has 0 spiro atoms. The number of phenols is 1. The Morgan fingerprint density at radius 2 is 1.72 bits per heavy atom. The summed E-state index contributed by atoms with van der Waals surface area (Å²) >= 11 is 0. The van der Waals surface area contributed by atoms with Crippen LogP contribution in [0.3, 0.4) is 0 Å². The molecule has 200 valence electrons. The molecule has 0 bridgehead atoms. The van der Waals surface area contributed by atoms with E-state index in [0.717, 1.165) is 6.42 Å². The highest BCUT2D eigenvalue weighted by molar-refractivity contribution is 5.94. The van der Waals surface area contributed by atoms with E-state index in [-0.39, 0.29) is 18.1 Å². The third kappa shape index (κ3) is 9.10. The molecular formula is C24H37N5O7. The predicted molar refractivity (Wildman–Crippen MR) is 131 cm³/mol. The summed E-state index contributed by atoms with van der Waals surface area (Å²) in [4.78, 5) is 50.4. The van der Waals surface area contributed by atoms with E-state index in [1.807, 2.05) is 0 Å². The summed E-state index contributed by atoms with van der Waals surface area (Å²) in [7, 11) is 0. The number of carbonyl (C=O) groups is 4. The number of nitrogens with one attached hydrogen (secondary N) is 4. The number of amides is 3. The normalized spacial score (nSPS) is 18.5. The van der Waals surface area contributed by atoms with Gasteiger partial charge in [-0.1, -0.05) is 12.1 Å². The number of phenolic OH excluding ortho intramolecular Hbond substituents is 1. The van der Waals surface area contributed by atoms with Crippen LogP contribution in [0.25, 0.3) is 0 Å². The summed E-state index contributed by atoms with van der Waals surface area (Å²) < 4.78 is 0. The smallest absolute Gasteiger partial charge is 0.328 e. The van der Waals surface area contributed by atoms with Crippen LogP contribution in [-0.2, 0) is 25.6 Å². The van der Waals surface area contributed by atoms with Crippen LogP contribution in [0, 0.1) is 0 Å². The standard InChI is InChI=1S/C24H37N5O7/c1-14(30)20(24(35)36)29-23(34)19(13-15-7-9-16(31)10-8-15)28-22(33)18(5-2-3-11-25)27-21(32)17-6-4-12-26-17/h7-10,14,17-20,26,30-31H,2-6,11-13,25H2,1H3,(H,27,32)(H,28,33)(H,29,34)(H,35,36). The number of carbonyl (C=O) groups excluding carboxylic acids is 3. The lowest BCUT2D eigenvalue weighted by Crippen LogP contribution is -2.58. The molecule has 12 heteroatoms. The van der Waals surface area contributed by atoms with E-state index in [0.29, 0.717) is 44.3 Å². The number of aliphatic hydroxyl groups is 1. The molecule has 0 radical (unpaired) electrons. The average Bonchev–Trinajstić information content (AvgIpc) is 3.37. The number of aromatic hydroxyl groups is 1. The first-order chi connectivity index (χ1) is 17.1. The van der Waals surface area contributed by atoms with E-state index in [1.165, 1.54) is 19.1 Å². The number of unbranched alkanes of at least 4 members (excludes halogenated alkanes) is 1. The summed E-state index contributed by atoms with van der Waals surface area (Å²) in [6.45, 7) is 2.37. The van der Waals surface area contributed by atoms with Crippen molar-refractivity contribution in [1.29, 1.82) is 0 Å². The number of rotatable bonds is 14.